The molecular weight excluding hydrogens is 527 g/mol. The van der Waals surface area contributed by atoms with Gasteiger partial charge in [0.15, 0.2) is 11.5 Å². The first-order valence-corrected chi connectivity index (χ1v) is 11.3. The van der Waals surface area contributed by atoms with Gasteiger partial charge in [0, 0.05) is 5.02 Å². The van der Waals surface area contributed by atoms with Crippen LogP contribution in [0.1, 0.15) is 16.7 Å². The highest BCUT2D eigenvalue weighted by Crippen LogP contribution is 2.38. The number of nitrogens with zero attached hydrogens (tertiary/aromatic N) is 1. The molecule has 5 nitrogen and oxygen atoms in total. The second-order valence-corrected chi connectivity index (χ2v) is 8.75. The number of hydrogen-bond donors (Lipinski definition) is 1. The number of carbonyl (C=O) groups excluding carboxylic acids is 1. The van der Waals surface area contributed by atoms with Gasteiger partial charge >= 0.3 is 0 Å². The molecule has 0 saturated carbocycles. The lowest BCUT2D eigenvalue weighted by Crippen LogP contribution is -2.13. The summed E-state index contributed by atoms with van der Waals surface area (Å²) in [6.07, 6.45) is 1.45. The van der Waals surface area contributed by atoms with Crippen molar-refractivity contribution in [1.29, 1.82) is 5.26 Å². The van der Waals surface area contributed by atoms with E-state index in [2.05, 4.69) is 21.2 Å². The van der Waals surface area contributed by atoms with Crippen LogP contribution in [0, 0.1) is 18.3 Å². The fraction of sp³-hybridized carbons (Fsp3) is 0.120. The summed E-state index contributed by atoms with van der Waals surface area (Å²) in [5.74, 6) is 0.360. The molecule has 8 heteroatoms. The maximum Gasteiger partial charge on any atom is 0.266 e. The van der Waals surface area contributed by atoms with Crippen LogP contribution in [0.15, 0.2) is 64.6 Å². The van der Waals surface area contributed by atoms with Crippen molar-refractivity contribution in [3.63, 3.8) is 0 Å². The molecule has 0 aliphatic heterocycles. The maximum absolute atomic E-state index is 12.6. The molecule has 168 valence electrons. The predicted molar refractivity (Wildman–Crippen MR) is 135 cm³/mol. The molecule has 0 bridgehead atoms. The van der Waals surface area contributed by atoms with Gasteiger partial charge in [-0.3, -0.25) is 4.79 Å². The average molecular weight is 546 g/mol. The van der Waals surface area contributed by atoms with Gasteiger partial charge < -0.3 is 14.8 Å². The molecule has 3 aromatic rings. The quantitative estimate of drug-likeness (QED) is 0.252. The van der Waals surface area contributed by atoms with E-state index in [1.807, 2.05) is 37.3 Å². The molecule has 1 N–H and O–H groups in total. The Bertz CT molecular complexity index is 1250. The van der Waals surface area contributed by atoms with Crippen molar-refractivity contribution in [3.05, 3.63) is 91.4 Å². The number of anilines is 1. The van der Waals surface area contributed by atoms with E-state index < -0.39 is 5.91 Å². The van der Waals surface area contributed by atoms with Crippen LogP contribution in [0.5, 0.6) is 11.5 Å². The molecule has 33 heavy (non-hydrogen) atoms. The first-order chi connectivity index (χ1) is 15.8. The standard InChI is InChI=1S/C25H19BrCl2N2O3/c1-15-3-5-16(6-4-15)14-33-24-20(26)10-17(11-23(24)32-2)9-18(13-29)25(31)30-22-12-19(27)7-8-21(22)28/h3-12H,14H2,1-2H3,(H,30,31)/b18-9+. The fourth-order valence-corrected chi connectivity index (χ4v) is 3.81. The first-order valence-electron chi connectivity index (χ1n) is 9.74. The Morgan fingerprint density at radius 3 is 2.55 bits per heavy atom. The van der Waals surface area contributed by atoms with Gasteiger partial charge in [-0.15, -0.1) is 0 Å². The molecule has 0 fully saturated rings. The third-order valence-corrected chi connectivity index (χ3v) is 5.76. The van der Waals surface area contributed by atoms with Crippen LogP contribution in [-0.2, 0) is 11.4 Å². The molecule has 0 aliphatic rings. The van der Waals surface area contributed by atoms with E-state index in [1.54, 1.807) is 24.3 Å². The Morgan fingerprint density at radius 2 is 1.88 bits per heavy atom. The molecule has 0 unspecified atom stereocenters. The second kappa shape index (κ2) is 11.2. The molecule has 0 spiro atoms. The molecule has 0 heterocycles. The van der Waals surface area contributed by atoms with Crippen molar-refractivity contribution >= 4 is 56.8 Å². The second-order valence-electron chi connectivity index (χ2n) is 7.06. The third-order valence-electron chi connectivity index (χ3n) is 4.61. The molecule has 0 radical (unpaired) electrons. The van der Waals surface area contributed by atoms with E-state index in [4.69, 9.17) is 32.7 Å². The highest BCUT2D eigenvalue weighted by Gasteiger charge is 2.15. The minimum atomic E-state index is -0.614. The smallest absolute Gasteiger partial charge is 0.266 e. The number of halogens is 3. The van der Waals surface area contributed by atoms with Crippen molar-refractivity contribution in [2.24, 2.45) is 0 Å². The third kappa shape index (κ3) is 6.52. The van der Waals surface area contributed by atoms with Gasteiger partial charge in [-0.1, -0.05) is 53.0 Å². The lowest BCUT2D eigenvalue weighted by Gasteiger charge is -2.14. The van der Waals surface area contributed by atoms with Crippen molar-refractivity contribution in [1.82, 2.24) is 0 Å². The van der Waals surface area contributed by atoms with E-state index in [1.165, 1.54) is 24.8 Å². The summed E-state index contributed by atoms with van der Waals surface area (Å²) in [6.45, 7) is 2.38. The van der Waals surface area contributed by atoms with Gasteiger partial charge in [0.05, 0.1) is 22.3 Å². The number of ether oxygens (including phenoxy) is 2. The van der Waals surface area contributed by atoms with Crippen molar-refractivity contribution in [3.8, 4) is 17.6 Å². The predicted octanol–water partition coefficient (Wildman–Crippen LogP) is 7.20. The Labute approximate surface area is 210 Å². The summed E-state index contributed by atoms with van der Waals surface area (Å²) in [7, 11) is 1.52. The van der Waals surface area contributed by atoms with Gasteiger partial charge in [0.2, 0.25) is 0 Å². The topological polar surface area (TPSA) is 71.3 Å². The van der Waals surface area contributed by atoms with Crippen LogP contribution in [0.4, 0.5) is 5.69 Å². The summed E-state index contributed by atoms with van der Waals surface area (Å²) >= 11 is 15.5. The Morgan fingerprint density at radius 1 is 1.15 bits per heavy atom. The number of benzene rings is 3. The highest BCUT2D eigenvalue weighted by molar-refractivity contribution is 9.10. The lowest BCUT2D eigenvalue weighted by atomic mass is 10.1. The summed E-state index contributed by atoms with van der Waals surface area (Å²) in [5, 5.41) is 12.9. The van der Waals surface area contributed by atoms with Gasteiger partial charge in [0.1, 0.15) is 18.2 Å². The van der Waals surface area contributed by atoms with Crippen LogP contribution in [0.2, 0.25) is 10.0 Å². The number of rotatable bonds is 7. The Hall–Kier alpha value is -2.98. The van der Waals surface area contributed by atoms with Crippen LogP contribution in [0.3, 0.4) is 0 Å². The van der Waals surface area contributed by atoms with Crippen LogP contribution in [-0.4, -0.2) is 13.0 Å². The Balaban J connectivity index is 1.83. The number of methoxy groups -OCH3 is 1. The lowest BCUT2D eigenvalue weighted by molar-refractivity contribution is -0.112. The minimum Gasteiger partial charge on any atom is -0.493 e. The van der Waals surface area contributed by atoms with E-state index >= 15 is 0 Å². The molecule has 0 atom stereocenters. The largest absolute Gasteiger partial charge is 0.493 e. The molecule has 0 saturated heterocycles. The number of carbonyl (C=O) groups is 1. The summed E-state index contributed by atoms with van der Waals surface area (Å²) in [4.78, 5) is 12.6. The monoisotopic (exact) mass is 544 g/mol. The van der Waals surface area contributed by atoms with E-state index in [0.717, 1.165) is 5.56 Å². The minimum absolute atomic E-state index is 0.117. The molecule has 0 aliphatic carbocycles. The first kappa shape index (κ1) is 24.7. The Kier molecular flexibility index (Phi) is 8.40. The zero-order chi connectivity index (χ0) is 24.0. The van der Waals surface area contributed by atoms with E-state index in [9.17, 15) is 10.1 Å². The molecule has 1 amide bonds. The number of aryl methyl sites for hydroxylation is 1. The van der Waals surface area contributed by atoms with E-state index in [-0.39, 0.29) is 5.57 Å². The average Bonchev–Trinajstić information content (AvgIpc) is 2.79. The number of amides is 1. The number of nitrogens with one attached hydrogen (secondary N) is 1. The van der Waals surface area contributed by atoms with Crippen molar-refractivity contribution in [2.75, 3.05) is 12.4 Å². The van der Waals surface area contributed by atoms with Gasteiger partial charge in [-0.25, -0.2) is 0 Å². The normalized spacial score (nSPS) is 11.0. The summed E-state index contributed by atoms with van der Waals surface area (Å²) in [6, 6.07) is 18.0. The molecule has 3 aromatic carbocycles. The van der Waals surface area contributed by atoms with Crippen molar-refractivity contribution in [2.45, 2.75) is 13.5 Å². The zero-order valence-electron chi connectivity index (χ0n) is 17.8. The van der Waals surface area contributed by atoms with E-state index in [0.29, 0.717) is 43.9 Å². The molecular formula is C25H19BrCl2N2O3. The highest BCUT2D eigenvalue weighted by atomic mass is 79.9. The van der Waals surface area contributed by atoms with Crippen LogP contribution >= 0.6 is 39.1 Å². The van der Waals surface area contributed by atoms with Gasteiger partial charge in [-0.05, 0) is 70.4 Å². The zero-order valence-corrected chi connectivity index (χ0v) is 20.9. The van der Waals surface area contributed by atoms with Crippen LogP contribution < -0.4 is 14.8 Å². The van der Waals surface area contributed by atoms with Crippen molar-refractivity contribution < 1.29 is 14.3 Å². The molecule has 0 aromatic heterocycles. The van der Waals surface area contributed by atoms with Gasteiger partial charge in [0.25, 0.3) is 5.91 Å². The fourth-order valence-electron chi connectivity index (χ4n) is 2.90. The maximum atomic E-state index is 12.6. The SMILES string of the molecule is COc1cc(/C=C(\C#N)C(=O)Nc2cc(Cl)ccc2Cl)cc(Br)c1OCc1ccc(C)cc1. The summed E-state index contributed by atoms with van der Waals surface area (Å²) in [5.41, 5.74) is 2.96. The molecule has 3 rings (SSSR count). The van der Waals surface area contributed by atoms with Gasteiger partial charge in [-0.2, -0.15) is 5.26 Å². The van der Waals surface area contributed by atoms with Crippen LogP contribution in [0.25, 0.3) is 6.08 Å². The number of nitriles is 1. The number of hydrogen-bond acceptors (Lipinski definition) is 4. The summed E-state index contributed by atoms with van der Waals surface area (Å²) < 4.78 is 12.1.